The van der Waals surface area contributed by atoms with Gasteiger partial charge in [0.1, 0.15) is 23.6 Å². The summed E-state index contributed by atoms with van der Waals surface area (Å²) >= 11 is 0. The van der Waals surface area contributed by atoms with Crippen molar-refractivity contribution < 1.29 is 19.0 Å². The zero-order valence-electron chi connectivity index (χ0n) is 15.4. The maximum atomic E-state index is 12.9. The Hall–Kier alpha value is -2.04. The number of H-pyrrole nitrogens is 1. The topological polar surface area (TPSA) is 90.2 Å². The molecule has 3 aromatic heterocycles. The molecule has 0 aliphatic carbocycles. The van der Waals surface area contributed by atoms with Crippen LogP contribution in [0.15, 0.2) is 18.5 Å². The summed E-state index contributed by atoms with van der Waals surface area (Å²) in [5.41, 5.74) is 2.31. The standard InChI is InChI=1S/C18H22BF2N5O2/c19-18(20,21)3-1-5-25-8-11(6-12(25)9-27)26-15(10-28)24-14-7-23-17-13(16(14)26)2-4-22-17/h2,4,7,11-12,27-28H,1,3,5-6,8-10H2,(H,22,23). The van der Waals surface area contributed by atoms with E-state index in [0.29, 0.717) is 30.9 Å². The van der Waals surface area contributed by atoms with Crippen molar-refractivity contribution in [2.75, 3.05) is 19.7 Å². The third-order valence-corrected chi connectivity index (χ3v) is 5.49. The summed E-state index contributed by atoms with van der Waals surface area (Å²) in [6.45, 7) is 0.725. The minimum absolute atomic E-state index is 0.0387. The Morgan fingerprint density at radius 3 is 2.89 bits per heavy atom. The van der Waals surface area contributed by atoms with Crippen LogP contribution >= 0.6 is 0 Å². The first-order valence-corrected chi connectivity index (χ1v) is 9.36. The molecule has 1 aliphatic heterocycles. The zero-order chi connectivity index (χ0) is 19.9. The molecule has 4 rings (SSSR count). The molecule has 0 aromatic carbocycles. The molecular weight excluding hydrogens is 367 g/mol. The van der Waals surface area contributed by atoms with Crippen LogP contribution in [0.3, 0.4) is 0 Å². The van der Waals surface area contributed by atoms with Gasteiger partial charge in [-0.05, 0) is 25.5 Å². The smallest absolute Gasteiger partial charge is 0.200 e. The van der Waals surface area contributed by atoms with Crippen LogP contribution in [0.2, 0.25) is 0 Å². The van der Waals surface area contributed by atoms with Crippen LogP contribution in [0.1, 0.15) is 31.1 Å². The summed E-state index contributed by atoms with van der Waals surface area (Å²) in [6.07, 6.45) is 3.97. The van der Waals surface area contributed by atoms with Gasteiger partial charge in [0.05, 0.1) is 18.3 Å². The molecule has 2 radical (unpaired) electrons. The van der Waals surface area contributed by atoms with Crippen molar-refractivity contribution in [3.8, 4) is 0 Å². The molecule has 0 spiro atoms. The van der Waals surface area contributed by atoms with Gasteiger partial charge in [-0.1, -0.05) is 0 Å². The lowest BCUT2D eigenvalue weighted by Crippen LogP contribution is -2.34. The maximum absolute atomic E-state index is 12.9. The molecule has 3 N–H and O–H groups in total. The van der Waals surface area contributed by atoms with Gasteiger partial charge in [-0.25, -0.2) is 18.7 Å². The number of halogens is 2. The number of hydrogen-bond donors (Lipinski definition) is 3. The number of nitrogens with zero attached hydrogens (tertiary/aromatic N) is 4. The average molecular weight is 389 g/mol. The van der Waals surface area contributed by atoms with E-state index in [1.54, 1.807) is 12.4 Å². The van der Waals surface area contributed by atoms with Crippen LogP contribution in [0.5, 0.6) is 0 Å². The molecule has 3 aromatic rings. The normalized spacial score (nSPS) is 21.3. The zero-order valence-corrected chi connectivity index (χ0v) is 15.4. The highest BCUT2D eigenvalue weighted by atomic mass is 19.3. The van der Waals surface area contributed by atoms with E-state index in [1.165, 1.54) is 0 Å². The van der Waals surface area contributed by atoms with Crippen LogP contribution in [0.25, 0.3) is 22.1 Å². The largest absolute Gasteiger partial charge is 0.395 e. The molecule has 2 atom stereocenters. The Morgan fingerprint density at radius 1 is 1.36 bits per heavy atom. The van der Waals surface area contributed by atoms with E-state index in [0.717, 1.165) is 16.6 Å². The molecule has 1 aliphatic rings. The van der Waals surface area contributed by atoms with Crippen LogP contribution < -0.4 is 0 Å². The van der Waals surface area contributed by atoms with E-state index in [-0.39, 0.29) is 31.7 Å². The molecule has 0 saturated carbocycles. The highest BCUT2D eigenvalue weighted by Gasteiger charge is 2.35. The first-order chi connectivity index (χ1) is 13.4. The van der Waals surface area contributed by atoms with E-state index >= 15 is 0 Å². The second-order valence-electron chi connectivity index (χ2n) is 7.37. The van der Waals surface area contributed by atoms with Crippen molar-refractivity contribution in [2.24, 2.45) is 0 Å². The number of rotatable bonds is 7. The molecule has 28 heavy (non-hydrogen) atoms. The first-order valence-electron chi connectivity index (χ1n) is 9.36. The summed E-state index contributed by atoms with van der Waals surface area (Å²) in [5, 5.41) is 20.5. The molecule has 148 valence electrons. The predicted octanol–water partition coefficient (Wildman–Crippen LogP) is 1.55. The SMILES string of the molecule is [B]C(F)(F)CCCN1CC(n2c(CO)nc3cnc4[nH]ccc4c32)CC1CO. The molecular formula is C18H22BF2N5O2. The lowest BCUT2D eigenvalue weighted by atomic mass is 9.94. The molecule has 1 saturated heterocycles. The molecule has 10 heteroatoms. The van der Waals surface area contributed by atoms with E-state index in [4.69, 9.17) is 7.85 Å². The fraction of sp³-hybridized carbons (Fsp3) is 0.556. The summed E-state index contributed by atoms with van der Waals surface area (Å²) in [7, 11) is 4.78. The Balaban J connectivity index is 1.65. The van der Waals surface area contributed by atoms with E-state index in [1.807, 2.05) is 15.5 Å². The number of aromatic amines is 1. The van der Waals surface area contributed by atoms with Crippen molar-refractivity contribution in [1.82, 2.24) is 24.4 Å². The molecule has 7 nitrogen and oxygen atoms in total. The van der Waals surface area contributed by atoms with Gasteiger partial charge in [-0.15, -0.1) is 0 Å². The number of hydrogen-bond acceptors (Lipinski definition) is 5. The fourth-order valence-corrected chi connectivity index (χ4v) is 4.27. The lowest BCUT2D eigenvalue weighted by molar-refractivity contribution is 0.0749. The van der Waals surface area contributed by atoms with Crippen molar-refractivity contribution in [1.29, 1.82) is 0 Å². The van der Waals surface area contributed by atoms with E-state index in [9.17, 15) is 19.0 Å². The van der Waals surface area contributed by atoms with Gasteiger partial charge in [-0.2, -0.15) is 0 Å². The maximum Gasteiger partial charge on any atom is 0.200 e. The van der Waals surface area contributed by atoms with Crippen molar-refractivity contribution in [3.05, 3.63) is 24.3 Å². The Morgan fingerprint density at radius 2 is 2.18 bits per heavy atom. The third-order valence-electron chi connectivity index (χ3n) is 5.49. The third kappa shape index (κ3) is 3.51. The summed E-state index contributed by atoms with van der Waals surface area (Å²) in [6, 6.07) is 1.75. The quantitative estimate of drug-likeness (QED) is 0.534. The number of alkyl halides is 2. The second kappa shape index (κ2) is 7.42. The van der Waals surface area contributed by atoms with Crippen molar-refractivity contribution in [3.63, 3.8) is 0 Å². The van der Waals surface area contributed by atoms with Gasteiger partial charge >= 0.3 is 0 Å². The van der Waals surface area contributed by atoms with Gasteiger partial charge in [0.15, 0.2) is 13.7 Å². The monoisotopic (exact) mass is 389 g/mol. The summed E-state index contributed by atoms with van der Waals surface area (Å²) in [4.78, 5) is 14.0. The highest BCUT2D eigenvalue weighted by Crippen LogP contribution is 2.34. The number of nitrogens with one attached hydrogen (secondary N) is 1. The molecule has 1 fully saturated rings. The van der Waals surface area contributed by atoms with Gasteiger partial charge < -0.3 is 19.8 Å². The number of fused-ring (bicyclic) bond motifs is 3. The minimum atomic E-state index is -3.18. The number of aliphatic hydroxyl groups excluding tert-OH is 2. The molecule has 4 heterocycles. The van der Waals surface area contributed by atoms with Crippen LogP contribution in [0.4, 0.5) is 8.78 Å². The Kier molecular flexibility index (Phi) is 5.11. The second-order valence-corrected chi connectivity index (χ2v) is 7.37. The van der Waals surface area contributed by atoms with Crippen LogP contribution in [-0.4, -0.2) is 74.0 Å². The Bertz CT molecular complexity index is 970. The number of aromatic nitrogens is 4. The molecule has 0 bridgehead atoms. The number of pyridine rings is 1. The van der Waals surface area contributed by atoms with E-state index in [2.05, 4.69) is 15.0 Å². The van der Waals surface area contributed by atoms with Crippen LogP contribution in [0, 0.1) is 0 Å². The Labute approximate surface area is 161 Å². The fourth-order valence-electron chi connectivity index (χ4n) is 4.27. The van der Waals surface area contributed by atoms with Gasteiger partial charge in [0.2, 0.25) is 0 Å². The summed E-state index contributed by atoms with van der Waals surface area (Å²) in [5.74, 6) is -2.65. The number of imidazole rings is 1. The van der Waals surface area contributed by atoms with Gasteiger partial charge in [0.25, 0.3) is 0 Å². The lowest BCUT2D eigenvalue weighted by Gasteiger charge is -2.23. The van der Waals surface area contributed by atoms with E-state index < -0.39 is 12.2 Å². The first kappa shape index (κ1) is 19.3. The van der Waals surface area contributed by atoms with Gasteiger partial charge in [-0.3, -0.25) is 4.90 Å². The molecule has 0 amide bonds. The number of aliphatic hydroxyl groups is 2. The van der Waals surface area contributed by atoms with Crippen LogP contribution in [-0.2, 0) is 6.61 Å². The van der Waals surface area contributed by atoms with Gasteiger partial charge in [0, 0.05) is 36.6 Å². The van der Waals surface area contributed by atoms with Crippen molar-refractivity contribution in [2.45, 2.75) is 43.8 Å². The molecule has 2 unspecified atom stereocenters. The number of likely N-dealkylation sites (tertiary alicyclic amines) is 1. The minimum Gasteiger partial charge on any atom is -0.395 e. The van der Waals surface area contributed by atoms with Crippen molar-refractivity contribution >= 4 is 29.9 Å². The highest BCUT2D eigenvalue weighted by molar-refractivity contribution is 6.13. The average Bonchev–Trinajstić information content (AvgIpc) is 3.35. The summed E-state index contributed by atoms with van der Waals surface area (Å²) < 4.78 is 27.9. The predicted molar refractivity (Wildman–Crippen MR) is 101 cm³/mol.